The number of amides is 2. The summed E-state index contributed by atoms with van der Waals surface area (Å²) in [7, 11) is 0. The Morgan fingerprint density at radius 2 is 1.68 bits per heavy atom. The molecule has 0 aliphatic rings. The first-order valence-corrected chi connectivity index (χ1v) is 12.5. The van der Waals surface area contributed by atoms with E-state index in [0.29, 0.717) is 21.9 Å². The van der Waals surface area contributed by atoms with Crippen molar-refractivity contribution >= 4 is 35.3 Å². The largest absolute Gasteiger partial charge is 0.484 e. The van der Waals surface area contributed by atoms with E-state index in [-0.39, 0.29) is 12.5 Å². The summed E-state index contributed by atoms with van der Waals surface area (Å²) < 4.78 is 7.68. The van der Waals surface area contributed by atoms with Crippen molar-refractivity contribution in [1.82, 2.24) is 9.99 Å². The molecule has 4 rings (SSSR count). The highest BCUT2D eigenvalue weighted by Gasteiger charge is 2.13. The Bertz CT molecular complexity index is 1500. The number of anilines is 1. The predicted octanol–water partition coefficient (Wildman–Crippen LogP) is 6.15. The smallest absolute Gasteiger partial charge is 0.272 e. The van der Waals surface area contributed by atoms with Crippen LogP contribution in [0.2, 0.25) is 5.02 Å². The number of hydrogen-bond acceptors (Lipinski definition) is 4. The normalized spacial score (nSPS) is 11.0. The van der Waals surface area contributed by atoms with E-state index in [1.54, 1.807) is 30.3 Å². The summed E-state index contributed by atoms with van der Waals surface area (Å²) in [5.74, 6) is -0.182. The molecule has 0 atom stereocenters. The van der Waals surface area contributed by atoms with Gasteiger partial charge in [0.25, 0.3) is 11.8 Å². The number of nitrogens with one attached hydrogen (secondary N) is 2. The predicted molar refractivity (Wildman–Crippen MR) is 152 cm³/mol. The molecule has 194 valence electrons. The van der Waals surface area contributed by atoms with E-state index in [1.165, 1.54) is 6.21 Å². The van der Waals surface area contributed by atoms with Crippen LogP contribution in [0.15, 0.2) is 77.9 Å². The zero-order valence-corrected chi connectivity index (χ0v) is 22.5. The molecule has 0 fully saturated rings. The molecule has 8 heteroatoms. The molecule has 3 aromatic carbocycles. The van der Waals surface area contributed by atoms with Crippen LogP contribution in [0.25, 0.3) is 5.69 Å². The third-order valence-corrected chi connectivity index (χ3v) is 6.45. The summed E-state index contributed by atoms with van der Waals surface area (Å²) in [5, 5.41) is 7.23. The van der Waals surface area contributed by atoms with Crippen molar-refractivity contribution in [3.63, 3.8) is 0 Å². The number of carbonyl (C=O) groups is 2. The SMILES string of the molecule is Cc1ccc(NC(=O)COc2cccc(C=NNC(=O)c3cc(-n4c(C)ccc4C)ccc3Cl)c2)cc1C. The summed E-state index contributed by atoms with van der Waals surface area (Å²) in [4.78, 5) is 25.1. The summed E-state index contributed by atoms with van der Waals surface area (Å²) >= 11 is 6.30. The first-order valence-electron chi connectivity index (χ1n) is 12.1. The van der Waals surface area contributed by atoms with E-state index < -0.39 is 5.91 Å². The second-order valence-corrected chi connectivity index (χ2v) is 9.43. The van der Waals surface area contributed by atoms with Crippen molar-refractivity contribution in [2.24, 2.45) is 5.10 Å². The van der Waals surface area contributed by atoms with Crippen LogP contribution < -0.4 is 15.5 Å². The number of hydrogen-bond donors (Lipinski definition) is 2. The van der Waals surface area contributed by atoms with Gasteiger partial charge in [0.05, 0.1) is 16.8 Å². The lowest BCUT2D eigenvalue weighted by molar-refractivity contribution is -0.118. The van der Waals surface area contributed by atoms with E-state index in [4.69, 9.17) is 16.3 Å². The first-order chi connectivity index (χ1) is 18.2. The molecule has 0 aliphatic carbocycles. The lowest BCUT2D eigenvalue weighted by Gasteiger charge is -2.12. The Labute approximate surface area is 227 Å². The van der Waals surface area contributed by atoms with Crippen molar-refractivity contribution < 1.29 is 14.3 Å². The number of rotatable bonds is 8. The number of halogens is 1. The fourth-order valence-corrected chi connectivity index (χ4v) is 4.18. The Morgan fingerprint density at radius 1 is 0.921 bits per heavy atom. The van der Waals surface area contributed by atoms with Crippen molar-refractivity contribution in [2.45, 2.75) is 27.7 Å². The molecule has 0 spiro atoms. The number of carbonyl (C=O) groups excluding carboxylic acids is 2. The second kappa shape index (κ2) is 11.8. The van der Waals surface area contributed by atoms with Crippen molar-refractivity contribution in [3.8, 4) is 11.4 Å². The van der Waals surface area contributed by atoms with Gasteiger partial charge in [0, 0.05) is 22.8 Å². The van der Waals surface area contributed by atoms with E-state index >= 15 is 0 Å². The van der Waals surface area contributed by atoms with Crippen LogP contribution in [-0.2, 0) is 4.79 Å². The zero-order chi connectivity index (χ0) is 27.2. The maximum atomic E-state index is 12.8. The molecule has 38 heavy (non-hydrogen) atoms. The van der Waals surface area contributed by atoms with E-state index in [0.717, 1.165) is 33.9 Å². The van der Waals surface area contributed by atoms with E-state index in [1.807, 2.05) is 74.7 Å². The molecular weight excluding hydrogens is 500 g/mol. The number of hydrazone groups is 1. The molecule has 0 bridgehead atoms. The van der Waals surface area contributed by atoms with E-state index in [9.17, 15) is 9.59 Å². The molecular formula is C30H29ClN4O3. The summed E-state index contributed by atoms with van der Waals surface area (Å²) in [6, 6.07) is 22.1. The maximum absolute atomic E-state index is 12.8. The van der Waals surface area contributed by atoms with Crippen LogP contribution in [-0.4, -0.2) is 29.2 Å². The number of ether oxygens (including phenoxy) is 1. The fraction of sp³-hybridized carbons (Fsp3) is 0.167. The van der Waals surface area contributed by atoms with Crippen LogP contribution in [0.3, 0.4) is 0 Å². The molecule has 0 saturated carbocycles. The number of nitrogens with zero attached hydrogens (tertiary/aromatic N) is 2. The molecule has 0 saturated heterocycles. The molecule has 0 aliphatic heterocycles. The summed E-state index contributed by atoms with van der Waals surface area (Å²) in [5.41, 5.74) is 9.48. The lowest BCUT2D eigenvalue weighted by atomic mass is 10.1. The molecule has 1 heterocycles. The van der Waals surface area contributed by atoms with Crippen LogP contribution in [0.4, 0.5) is 5.69 Å². The van der Waals surface area contributed by atoms with Crippen LogP contribution in [0.5, 0.6) is 5.75 Å². The van der Waals surface area contributed by atoms with Gasteiger partial charge in [0.15, 0.2) is 6.61 Å². The second-order valence-electron chi connectivity index (χ2n) is 9.02. The summed E-state index contributed by atoms with van der Waals surface area (Å²) in [6.07, 6.45) is 1.50. The van der Waals surface area contributed by atoms with Crippen LogP contribution in [0, 0.1) is 27.7 Å². The standard InChI is InChI=1S/C30H29ClN4O3/c1-19-8-11-24(14-20(19)2)33-29(36)18-38-26-7-5-6-23(15-26)17-32-34-30(37)27-16-25(12-13-28(27)31)35-21(3)9-10-22(35)4/h5-17H,18H2,1-4H3,(H,33,36)(H,34,37). The molecule has 2 amide bonds. The van der Waals surface area contributed by atoms with Gasteiger partial charge < -0.3 is 14.6 Å². The fourth-order valence-electron chi connectivity index (χ4n) is 3.98. The minimum atomic E-state index is -0.425. The van der Waals surface area contributed by atoms with Crippen LogP contribution >= 0.6 is 11.6 Å². The van der Waals surface area contributed by atoms with Gasteiger partial charge in [0.1, 0.15) is 5.75 Å². The average Bonchev–Trinajstić information content (AvgIpc) is 3.23. The Morgan fingerprint density at radius 3 is 2.42 bits per heavy atom. The number of aromatic nitrogens is 1. The Hall–Kier alpha value is -4.36. The minimum absolute atomic E-state index is 0.139. The van der Waals surface area contributed by atoms with Gasteiger partial charge in [-0.2, -0.15) is 5.10 Å². The topological polar surface area (TPSA) is 84.7 Å². The summed E-state index contributed by atoms with van der Waals surface area (Å²) in [6.45, 7) is 7.88. The van der Waals surface area contributed by atoms with Gasteiger partial charge in [0.2, 0.25) is 0 Å². The first kappa shape index (κ1) is 26.7. The highest BCUT2D eigenvalue weighted by atomic mass is 35.5. The number of benzene rings is 3. The Balaban J connectivity index is 1.35. The highest BCUT2D eigenvalue weighted by molar-refractivity contribution is 6.33. The molecule has 0 unspecified atom stereocenters. The van der Waals surface area contributed by atoms with Crippen molar-refractivity contribution in [1.29, 1.82) is 0 Å². The lowest BCUT2D eigenvalue weighted by Crippen LogP contribution is -2.20. The maximum Gasteiger partial charge on any atom is 0.272 e. The van der Waals surface area contributed by atoms with Crippen LogP contribution in [0.1, 0.15) is 38.4 Å². The van der Waals surface area contributed by atoms with Crippen molar-refractivity contribution in [2.75, 3.05) is 11.9 Å². The minimum Gasteiger partial charge on any atom is -0.484 e. The molecule has 1 aromatic heterocycles. The average molecular weight is 529 g/mol. The quantitative estimate of drug-likeness (QED) is 0.212. The van der Waals surface area contributed by atoms with Gasteiger partial charge in [-0.3, -0.25) is 9.59 Å². The molecule has 2 N–H and O–H groups in total. The van der Waals surface area contributed by atoms with Gasteiger partial charge in [-0.05, 0) is 99.0 Å². The number of aryl methyl sites for hydroxylation is 4. The van der Waals surface area contributed by atoms with Gasteiger partial charge >= 0.3 is 0 Å². The van der Waals surface area contributed by atoms with Gasteiger partial charge in [-0.15, -0.1) is 0 Å². The third kappa shape index (κ3) is 6.49. The van der Waals surface area contributed by atoms with Gasteiger partial charge in [-0.25, -0.2) is 5.43 Å². The zero-order valence-electron chi connectivity index (χ0n) is 21.7. The highest BCUT2D eigenvalue weighted by Crippen LogP contribution is 2.23. The van der Waals surface area contributed by atoms with Gasteiger partial charge in [-0.1, -0.05) is 29.8 Å². The monoisotopic (exact) mass is 528 g/mol. The molecule has 4 aromatic rings. The Kier molecular flexibility index (Phi) is 8.28. The third-order valence-electron chi connectivity index (χ3n) is 6.12. The molecule has 0 radical (unpaired) electrons. The van der Waals surface area contributed by atoms with E-state index in [2.05, 4.69) is 15.8 Å². The van der Waals surface area contributed by atoms with Crippen molar-refractivity contribution in [3.05, 3.63) is 111 Å². The molecule has 7 nitrogen and oxygen atoms in total.